The second-order valence-corrected chi connectivity index (χ2v) is 3.85. The highest BCUT2D eigenvalue weighted by molar-refractivity contribution is 6.24. The summed E-state index contributed by atoms with van der Waals surface area (Å²) in [6, 6.07) is 0. The van der Waals surface area contributed by atoms with Gasteiger partial charge in [-0.1, -0.05) is 11.6 Å². The highest BCUT2D eigenvalue weighted by atomic mass is 35.5. The summed E-state index contributed by atoms with van der Waals surface area (Å²) in [7, 11) is 0. The van der Waals surface area contributed by atoms with Crippen molar-refractivity contribution in [2.75, 3.05) is 26.3 Å². The molecule has 3 nitrogen and oxygen atoms in total. The molecule has 0 aromatic heterocycles. The minimum Gasteiger partial charge on any atom is -0.379 e. The number of ether oxygens (including phenoxy) is 2. The van der Waals surface area contributed by atoms with Crippen molar-refractivity contribution >= 4 is 11.6 Å². The van der Waals surface area contributed by atoms with Crippen LogP contribution in [0.2, 0.25) is 0 Å². The van der Waals surface area contributed by atoms with Crippen molar-refractivity contribution in [1.29, 1.82) is 0 Å². The fraction of sp³-hybridized carbons (Fsp3) is 1.00. The molecule has 0 N–H and O–H groups in total. The van der Waals surface area contributed by atoms with Gasteiger partial charge in [0.15, 0.2) is 11.3 Å². The number of alkyl halides is 1. The molecule has 11 heavy (non-hydrogen) atoms. The summed E-state index contributed by atoms with van der Waals surface area (Å²) in [5.41, 5.74) is 0. The standard InChI is InChI=1S/C7H12ClNO2/c1-7(8)6(11-7)9-2-4-10-5-3-9/h6H,2-5H2,1H3. The van der Waals surface area contributed by atoms with Crippen molar-refractivity contribution in [3.63, 3.8) is 0 Å². The number of nitrogens with zero attached hydrogens (tertiary/aromatic N) is 1. The molecule has 2 fully saturated rings. The van der Waals surface area contributed by atoms with Gasteiger partial charge in [-0.25, -0.2) is 0 Å². The molecule has 4 heteroatoms. The van der Waals surface area contributed by atoms with Crippen LogP contribution in [0, 0.1) is 0 Å². The maximum absolute atomic E-state index is 5.94. The average Bonchev–Trinajstić information content (AvgIpc) is 2.62. The van der Waals surface area contributed by atoms with Crippen LogP contribution in [0.5, 0.6) is 0 Å². The molecule has 0 amide bonds. The molecule has 2 aliphatic rings. The molecule has 0 aromatic rings. The average molecular weight is 178 g/mol. The molecule has 0 aliphatic carbocycles. The topological polar surface area (TPSA) is 25.0 Å². The van der Waals surface area contributed by atoms with Gasteiger partial charge in [0.1, 0.15) is 0 Å². The van der Waals surface area contributed by atoms with Crippen LogP contribution in [0.1, 0.15) is 6.92 Å². The third kappa shape index (κ3) is 1.51. The van der Waals surface area contributed by atoms with E-state index in [0.717, 1.165) is 26.3 Å². The van der Waals surface area contributed by atoms with Crippen LogP contribution < -0.4 is 0 Å². The van der Waals surface area contributed by atoms with Crippen LogP contribution in [-0.2, 0) is 9.47 Å². The molecule has 2 rings (SSSR count). The highest BCUT2D eigenvalue weighted by Gasteiger charge is 2.54. The molecule has 0 saturated carbocycles. The van der Waals surface area contributed by atoms with Gasteiger partial charge in [-0.15, -0.1) is 0 Å². The van der Waals surface area contributed by atoms with Crippen molar-refractivity contribution in [2.24, 2.45) is 0 Å². The van der Waals surface area contributed by atoms with Crippen LogP contribution in [0.4, 0.5) is 0 Å². The lowest BCUT2D eigenvalue weighted by molar-refractivity contribution is 0.0162. The largest absolute Gasteiger partial charge is 0.379 e. The van der Waals surface area contributed by atoms with Gasteiger partial charge in [-0.2, -0.15) is 0 Å². The van der Waals surface area contributed by atoms with Crippen molar-refractivity contribution in [3.05, 3.63) is 0 Å². The Hall–Kier alpha value is 0.170. The Morgan fingerprint density at radius 2 is 2.00 bits per heavy atom. The van der Waals surface area contributed by atoms with E-state index < -0.39 is 5.06 Å². The normalized spacial score (nSPS) is 45.8. The van der Waals surface area contributed by atoms with Gasteiger partial charge in [0.05, 0.1) is 13.2 Å². The van der Waals surface area contributed by atoms with Gasteiger partial charge in [0.25, 0.3) is 0 Å². The molecule has 2 heterocycles. The molecule has 64 valence electrons. The van der Waals surface area contributed by atoms with E-state index >= 15 is 0 Å². The predicted octanol–water partition coefficient (Wildman–Crippen LogP) is 0.630. The van der Waals surface area contributed by atoms with Crippen LogP contribution in [-0.4, -0.2) is 42.5 Å². The van der Waals surface area contributed by atoms with Gasteiger partial charge in [-0.3, -0.25) is 4.90 Å². The van der Waals surface area contributed by atoms with E-state index in [-0.39, 0.29) is 6.23 Å². The molecular weight excluding hydrogens is 166 g/mol. The zero-order valence-corrected chi connectivity index (χ0v) is 7.30. The van der Waals surface area contributed by atoms with E-state index in [2.05, 4.69) is 4.90 Å². The first-order valence-corrected chi connectivity index (χ1v) is 4.26. The first kappa shape index (κ1) is 7.80. The minimum atomic E-state index is -0.433. The molecule has 0 aromatic carbocycles. The van der Waals surface area contributed by atoms with Crippen molar-refractivity contribution in [1.82, 2.24) is 4.90 Å². The Bertz CT molecular complexity index is 157. The summed E-state index contributed by atoms with van der Waals surface area (Å²) >= 11 is 5.94. The van der Waals surface area contributed by atoms with E-state index in [4.69, 9.17) is 21.1 Å². The number of morpholine rings is 1. The van der Waals surface area contributed by atoms with E-state index in [0.29, 0.717) is 0 Å². The third-order valence-electron chi connectivity index (χ3n) is 2.10. The second kappa shape index (κ2) is 2.59. The summed E-state index contributed by atoms with van der Waals surface area (Å²) < 4.78 is 10.5. The van der Waals surface area contributed by atoms with E-state index in [1.165, 1.54) is 0 Å². The Kier molecular flexibility index (Phi) is 1.84. The van der Waals surface area contributed by atoms with Gasteiger partial charge in [-0.05, 0) is 6.92 Å². The number of hydrogen-bond acceptors (Lipinski definition) is 3. The van der Waals surface area contributed by atoms with Crippen LogP contribution in [0.25, 0.3) is 0 Å². The molecular formula is C7H12ClNO2. The van der Waals surface area contributed by atoms with Crippen molar-refractivity contribution < 1.29 is 9.47 Å². The Morgan fingerprint density at radius 3 is 2.45 bits per heavy atom. The molecule has 2 unspecified atom stereocenters. The first-order valence-electron chi connectivity index (χ1n) is 3.89. The summed E-state index contributed by atoms with van der Waals surface area (Å²) in [6.07, 6.45) is 0.119. The quantitative estimate of drug-likeness (QED) is 0.434. The Morgan fingerprint density at radius 1 is 1.45 bits per heavy atom. The van der Waals surface area contributed by atoms with E-state index in [1.807, 2.05) is 6.92 Å². The SMILES string of the molecule is CC1(Cl)OC1N1CCOCC1. The maximum Gasteiger partial charge on any atom is 0.180 e. The number of rotatable bonds is 1. The third-order valence-corrected chi connectivity index (χ3v) is 2.38. The molecule has 0 bridgehead atoms. The summed E-state index contributed by atoms with van der Waals surface area (Å²) in [4.78, 5) is 2.22. The minimum absolute atomic E-state index is 0.119. The zero-order valence-electron chi connectivity index (χ0n) is 6.55. The zero-order chi connectivity index (χ0) is 7.90. The Balaban J connectivity index is 1.86. The number of halogens is 1. The van der Waals surface area contributed by atoms with Crippen molar-refractivity contribution in [2.45, 2.75) is 18.2 Å². The van der Waals surface area contributed by atoms with Crippen LogP contribution >= 0.6 is 11.6 Å². The molecule has 0 spiro atoms. The fourth-order valence-electron chi connectivity index (χ4n) is 1.40. The molecule has 2 aliphatic heterocycles. The molecule has 0 radical (unpaired) electrons. The van der Waals surface area contributed by atoms with Crippen LogP contribution in [0.3, 0.4) is 0 Å². The number of hydrogen-bond donors (Lipinski definition) is 0. The molecule has 2 atom stereocenters. The van der Waals surface area contributed by atoms with E-state index in [9.17, 15) is 0 Å². The van der Waals surface area contributed by atoms with Crippen LogP contribution in [0.15, 0.2) is 0 Å². The number of epoxide rings is 1. The molecule has 2 saturated heterocycles. The first-order chi connectivity index (χ1) is 5.20. The summed E-state index contributed by atoms with van der Waals surface area (Å²) in [5.74, 6) is 0. The smallest absolute Gasteiger partial charge is 0.180 e. The summed E-state index contributed by atoms with van der Waals surface area (Å²) in [5, 5.41) is -0.433. The monoisotopic (exact) mass is 177 g/mol. The van der Waals surface area contributed by atoms with Gasteiger partial charge < -0.3 is 9.47 Å². The van der Waals surface area contributed by atoms with Gasteiger partial charge >= 0.3 is 0 Å². The van der Waals surface area contributed by atoms with E-state index in [1.54, 1.807) is 0 Å². The second-order valence-electron chi connectivity index (χ2n) is 3.10. The lowest BCUT2D eigenvalue weighted by Gasteiger charge is -2.24. The Labute approximate surface area is 71.2 Å². The maximum atomic E-state index is 5.94. The summed E-state index contributed by atoms with van der Waals surface area (Å²) in [6.45, 7) is 5.37. The fourth-order valence-corrected chi connectivity index (χ4v) is 1.62. The highest BCUT2D eigenvalue weighted by Crippen LogP contribution is 2.42. The lowest BCUT2D eigenvalue weighted by atomic mass is 10.3. The van der Waals surface area contributed by atoms with Crippen molar-refractivity contribution in [3.8, 4) is 0 Å². The lowest BCUT2D eigenvalue weighted by Crippen LogP contribution is -2.39. The van der Waals surface area contributed by atoms with Gasteiger partial charge in [0.2, 0.25) is 0 Å². The van der Waals surface area contributed by atoms with Gasteiger partial charge in [0, 0.05) is 13.1 Å². The predicted molar refractivity (Wildman–Crippen MR) is 41.5 cm³/mol.